The van der Waals surface area contributed by atoms with Crippen molar-refractivity contribution in [2.75, 3.05) is 5.32 Å². The van der Waals surface area contributed by atoms with Gasteiger partial charge in [-0.3, -0.25) is 28.8 Å². The second-order valence-electron chi connectivity index (χ2n) is 15.0. The third kappa shape index (κ3) is 14.0. The van der Waals surface area contributed by atoms with E-state index in [0.717, 1.165) is 0 Å². The highest BCUT2D eigenvalue weighted by atomic mass is 35.5. The molecule has 0 saturated heterocycles. The van der Waals surface area contributed by atoms with Gasteiger partial charge in [0.25, 0.3) is 5.91 Å². The Bertz CT molecular complexity index is 1740. The van der Waals surface area contributed by atoms with E-state index in [9.17, 15) is 28.8 Å². The molecule has 0 aliphatic carbocycles. The molecule has 0 aliphatic heterocycles. The topological polar surface area (TPSA) is 185 Å². The van der Waals surface area contributed by atoms with Gasteiger partial charge in [-0.15, -0.1) is 0 Å². The zero-order chi connectivity index (χ0) is 38.8. The minimum absolute atomic E-state index is 0.0605. The van der Waals surface area contributed by atoms with Gasteiger partial charge in [0.2, 0.25) is 17.7 Å². The summed E-state index contributed by atoms with van der Waals surface area (Å²) in [6.45, 7) is 13.8. The second kappa shape index (κ2) is 18.0. The maximum absolute atomic E-state index is 13.9. The van der Waals surface area contributed by atoms with Crippen molar-refractivity contribution in [1.29, 1.82) is 0 Å². The first-order chi connectivity index (χ1) is 24.2. The van der Waals surface area contributed by atoms with Gasteiger partial charge in [0.05, 0.1) is 6.42 Å². The number of fused-ring (bicyclic) bond motifs is 1. The van der Waals surface area contributed by atoms with Crippen LogP contribution in [-0.2, 0) is 33.4 Å². The number of aromatic amines is 1. The van der Waals surface area contributed by atoms with E-state index >= 15 is 0 Å². The molecule has 0 unspecified atom stereocenters. The molecular weight excluding hydrogens is 690 g/mol. The molecule has 0 saturated carbocycles. The average molecular weight is 740 g/mol. The fraction of sp³-hybridized carbons (Fsp3) is 0.474. The molecule has 0 spiro atoms. The van der Waals surface area contributed by atoms with Gasteiger partial charge < -0.3 is 35.7 Å². The molecule has 3 atom stereocenters. The SMILES string of the molecule is CC(C)C[C@H](NC(=O)c1cc2cc(Cl)ccc2[nH]1)C(=O)N[C@@H](CC(=O)OC(C)(C)C)C(=O)N[C@@H](CCC(=O)OC(C)(C)C)C(=O)Nc1ccccc1. The van der Waals surface area contributed by atoms with Gasteiger partial charge >= 0.3 is 11.9 Å². The van der Waals surface area contributed by atoms with E-state index in [-0.39, 0.29) is 30.9 Å². The summed E-state index contributed by atoms with van der Waals surface area (Å²) in [5, 5.41) is 11.9. The quantitative estimate of drug-likeness (QED) is 0.128. The second-order valence-corrected chi connectivity index (χ2v) is 15.4. The van der Waals surface area contributed by atoms with Crippen molar-refractivity contribution in [3.05, 3.63) is 65.3 Å². The van der Waals surface area contributed by atoms with Crippen LogP contribution in [0.5, 0.6) is 0 Å². The Labute approximate surface area is 309 Å². The number of para-hydroxylation sites is 1. The normalized spacial score (nSPS) is 13.4. The molecule has 0 radical (unpaired) electrons. The monoisotopic (exact) mass is 739 g/mol. The number of benzene rings is 2. The standard InChI is InChI=1S/C38H50ClN5O8/c1-22(2)18-28(43-35(49)29-20-23-19-24(39)14-15-26(23)41-29)34(48)44-30(21-32(46)52-38(6,7)8)36(50)42-27(16-17-31(45)51-37(3,4)5)33(47)40-25-12-10-9-11-13-25/h9-15,19-20,22,27-28,30,41H,16-18,21H2,1-8H3,(H,40,47)(H,42,50)(H,43,49)(H,44,48)/t27-,28-,30-/m0/s1. The zero-order valence-corrected chi connectivity index (χ0v) is 31.7. The van der Waals surface area contributed by atoms with Crippen molar-refractivity contribution in [1.82, 2.24) is 20.9 Å². The summed E-state index contributed by atoms with van der Waals surface area (Å²) in [5.41, 5.74) is -0.348. The van der Waals surface area contributed by atoms with Crippen LogP contribution in [0.3, 0.4) is 0 Å². The molecule has 14 heteroatoms. The molecule has 5 N–H and O–H groups in total. The number of hydrogen-bond acceptors (Lipinski definition) is 8. The summed E-state index contributed by atoms with van der Waals surface area (Å²) in [5.74, 6) is -4.23. The number of carbonyl (C=O) groups is 6. The lowest BCUT2D eigenvalue weighted by Crippen LogP contribution is -2.57. The molecule has 1 heterocycles. The number of rotatable bonds is 15. The zero-order valence-electron chi connectivity index (χ0n) is 31.0. The molecule has 282 valence electrons. The number of anilines is 1. The van der Waals surface area contributed by atoms with E-state index in [1.54, 1.807) is 96.1 Å². The highest BCUT2D eigenvalue weighted by Crippen LogP contribution is 2.21. The van der Waals surface area contributed by atoms with E-state index in [1.807, 2.05) is 13.8 Å². The van der Waals surface area contributed by atoms with Crippen LogP contribution in [0.15, 0.2) is 54.6 Å². The minimum Gasteiger partial charge on any atom is -0.460 e. The van der Waals surface area contributed by atoms with Crippen LogP contribution < -0.4 is 21.3 Å². The fourth-order valence-electron chi connectivity index (χ4n) is 5.14. The minimum atomic E-state index is -1.52. The maximum atomic E-state index is 13.9. The van der Waals surface area contributed by atoms with Crippen molar-refractivity contribution < 1.29 is 38.2 Å². The Kier molecular flexibility index (Phi) is 14.4. The lowest BCUT2D eigenvalue weighted by Gasteiger charge is -2.27. The van der Waals surface area contributed by atoms with Crippen LogP contribution in [0.2, 0.25) is 5.02 Å². The van der Waals surface area contributed by atoms with E-state index in [4.69, 9.17) is 21.1 Å². The van der Waals surface area contributed by atoms with Crippen LogP contribution >= 0.6 is 11.6 Å². The van der Waals surface area contributed by atoms with E-state index in [2.05, 4.69) is 26.3 Å². The highest BCUT2D eigenvalue weighted by molar-refractivity contribution is 6.31. The van der Waals surface area contributed by atoms with Gasteiger partial charge in [-0.25, -0.2) is 0 Å². The van der Waals surface area contributed by atoms with Gasteiger partial charge in [0.1, 0.15) is 35.0 Å². The van der Waals surface area contributed by atoms with Crippen LogP contribution in [0.1, 0.15) is 91.6 Å². The summed E-state index contributed by atoms with van der Waals surface area (Å²) < 4.78 is 10.8. The van der Waals surface area contributed by atoms with Crippen LogP contribution in [0, 0.1) is 5.92 Å². The molecule has 52 heavy (non-hydrogen) atoms. The Morgan fingerprint density at radius 3 is 1.94 bits per heavy atom. The third-order valence-corrected chi connectivity index (χ3v) is 7.55. The number of esters is 2. The smallest absolute Gasteiger partial charge is 0.308 e. The summed E-state index contributed by atoms with van der Waals surface area (Å²) in [7, 11) is 0. The number of nitrogens with one attached hydrogen (secondary N) is 5. The summed E-state index contributed by atoms with van der Waals surface area (Å²) in [6.07, 6.45) is -0.744. The molecule has 13 nitrogen and oxygen atoms in total. The number of amides is 4. The van der Waals surface area contributed by atoms with Crippen LogP contribution in [0.25, 0.3) is 10.9 Å². The Morgan fingerprint density at radius 2 is 1.33 bits per heavy atom. The van der Waals surface area contributed by atoms with Crippen LogP contribution in [0.4, 0.5) is 5.69 Å². The number of halogens is 1. The number of H-pyrrole nitrogens is 1. The molecule has 0 bridgehead atoms. The van der Waals surface area contributed by atoms with Gasteiger partial charge in [-0.05, 0) is 96.7 Å². The molecule has 3 rings (SSSR count). The van der Waals surface area contributed by atoms with Crippen molar-refractivity contribution in [2.24, 2.45) is 5.92 Å². The Balaban J connectivity index is 1.87. The van der Waals surface area contributed by atoms with Crippen molar-refractivity contribution >= 4 is 63.8 Å². The Hall–Kier alpha value is -4.91. The first kappa shape index (κ1) is 41.5. The molecule has 0 aliphatic rings. The Morgan fingerprint density at radius 1 is 0.731 bits per heavy atom. The lowest BCUT2D eigenvalue weighted by atomic mass is 10.0. The van der Waals surface area contributed by atoms with E-state index in [1.165, 1.54) is 0 Å². The largest absolute Gasteiger partial charge is 0.460 e. The van der Waals surface area contributed by atoms with E-state index < -0.39 is 71.3 Å². The van der Waals surface area contributed by atoms with Gasteiger partial charge in [-0.2, -0.15) is 0 Å². The first-order valence-corrected chi connectivity index (χ1v) is 17.6. The average Bonchev–Trinajstić information content (AvgIpc) is 3.44. The number of carbonyl (C=O) groups excluding carboxylic acids is 6. The van der Waals surface area contributed by atoms with Crippen molar-refractivity contribution in [3.8, 4) is 0 Å². The summed E-state index contributed by atoms with van der Waals surface area (Å²) in [6, 6.07) is 11.3. The van der Waals surface area contributed by atoms with Gasteiger partial charge in [0, 0.05) is 28.0 Å². The lowest BCUT2D eigenvalue weighted by molar-refractivity contribution is -0.156. The molecule has 2 aromatic carbocycles. The number of aromatic nitrogens is 1. The number of ether oxygens (including phenoxy) is 2. The molecular formula is C38H50ClN5O8. The summed E-state index contributed by atoms with van der Waals surface area (Å²) >= 11 is 6.10. The molecule has 1 aromatic heterocycles. The number of hydrogen-bond donors (Lipinski definition) is 5. The molecule has 4 amide bonds. The molecule has 3 aromatic rings. The maximum Gasteiger partial charge on any atom is 0.308 e. The third-order valence-electron chi connectivity index (χ3n) is 7.31. The molecule has 0 fully saturated rings. The highest BCUT2D eigenvalue weighted by Gasteiger charge is 2.33. The van der Waals surface area contributed by atoms with Gasteiger partial charge in [0.15, 0.2) is 0 Å². The van der Waals surface area contributed by atoms with Crippen LogP contribution in [-0.4, -0.2) is 69.9 Å². The fourth-order valence-corrected chi connectivity index (χ4v) is 5.32. The summed E-state index contributed by atoms with van der Waals surface area (Å²) in [4.78, 5) is 83.1. The predicted molar refractivity (Wildman–Crippen MR) is 198 cm³/mol. The predicted octanol–water partition coefficient (Wildman–Crippen LogP) is 5.43. The van der Waals surface area contributed by atoms with Crippen molar-refractivity contribution in [3.63, 3.8) is 0 Å². The van der Waals surface area contributed by atoms with Gasteiger partial charge in [-0.1, -0.05) is 43.6 Å². The van der Waals surface area contributed by atoms with E-state index in [0.29, 0.717) is 21.6 Å². The van der Waals surface area contributed by atoms with Crippen molar-refractivity contribution in [2.45, 2.75) is 110 Å². The first-order valence-electron chi connectivity index (χ1n) is 17.2.